The molecule has 0 saturated carbocycles. The molecule has 1 atom stereocenters. The Kier molecular flexibility index (Phi) is 4.71. The molecule has 1 unspecified atom stereocenters. The number of fused-ring (bicyclic) bond motifs is 1. The Bertz CT molecular complexity index is 690. The molecule has 3 rings (SSSR count). The van der Waals surface area contributed by atoms with E-state index >= 15 is 0 Å². The van der Waals surface area contributed by atoms with E-state index < -0.39 is 6.10 Å². The van der Waals surface area contributed by atoms with Crippen molar-refractivity contribution < 1.29 is 14.6 Å². The number of aliphatic hydroxyl groups is 2. The van der Waals surface area contributed by atoms with Crippen molar-refractivity contribution in [1.29, 1.82) is 0 Å². The van der Waals surface area contributed by atoms with Gasteiger partial charge in [-0.1, -0.05) is 0 Å². The van der Waals surface area contributed by atoms with Gasteiger partial charge in [0.2, 0.25) is 0 Å². The van der Waals surface area contributed by atoms with Crippen LogP contribution in [0.4, 0.5) is 4.39 Å². The first-order valence-corrected chi connectivity index (χ1v) is 8.29. The van der Waals surface area contributed by atoms with Gasteiger partial charge in [0.15, 0.2) is 0 Å². The molecule has 0 radical (unpaired) electrons. The maximum Gasteiger partial charge on any atom is 0.123 e. The molecule has 0 bridgehead atoms. The molecule has 1 aromatic carbocycles. The molecule has 2 N–H and O–H groups in total. The van der Waals surface area contributed by atoms with E-state index in [-0.39, 0.29) is 11.9 Å². The molecule has 5 heteroatoms. The van der Waals surface area contributed by atoms with Crippen LogP contribution in [0.5, 0.6) is 0 Å². The predicted molar refractivity (Wildman–Crippen MR) is 89.1 cm³/mol. The van der Waals surface area contributed by atoms with Gasteiger partial charge in [0.25, 0.3) is 0 Å². The van der Waals surface area contributed by atoms with Crippen molar-refractivity contribution >= 4 is 10.9 Å². The van der Waals surface area contributed by atoms with Gasteiger partial charge >= 0.3 is 0 Å². The number of β-amino-alcohol motifs (C(OH)–C–C–N with tert-alkyl or cyclic N) is 1. The summed E-state index contributed by atoms with van der Waals surface area (Å²) in [6.45, 7) is 6.76. The van der Waals surface area contributed by atoms with E-state index in [4.69, 9.17) is 0 Å². The number of hydrogen-bond donors (Lipinski definition) is 2. The second-order valence-electron chi connectivity index (χ2n) is 6.67. The third kappa shape index (κ3) is 3.42. The average Bonchev–Trinajstić information content (AvgIpc) is 2.74. The van der Waals surface area contributed by atoms with E-state index in [1.807, 2.05) is 13.8 Å². The summed E-state index contributed by atoms with van der Waals surface area (Å²) in [5, 5.41) is 20.9. The van der Waals surface area contributed by atoms with Gasteiger partial charge in [-0.15, -0.1) is 0 Å². The number of hydrogen-bond acceptors (Lipinski definition) is 3. The molecule has 1 saturated heterocycles. The van der Waals surface area contributed by atoms with Crippen LogP contribution in [0.25, 0.3) is 10.9 Å². The zero-order valence-corrected chi connectivity index (χ0v) is 13.8. The molecule has 2 aromatic rings. The van der Waals surface area contributed by atoms with Gasteiger partial charge in [-0.05, 0) is 50.5 Å². The fourth-order valence-corrected chi connectivity index (χ4v) is 3.53. The summed E-state index contributed by atoms with van der Waals surface area (Å²) in [6, 6.07) is 4.82. The van der Waals surface area contributed by atoms with Gasteiger partial charge in [-0.3, -0.25) is 0 Å². The van der Waals surface area contributed by atoms with Gasteiger partial charge in [0.05, 0.1) is 18.8 Å². The van der Waals surface area contributed by atoms with E-state index in [2.05, 4.69) is 9.47 Å². The van der Waals surface area contributed by atoms with Crippen LogP contribution in [0.1, 0.15) is 24.1 Å². The summed E-state index contributed by atoms with van der Waals surface area (Å²) in [6.07, 6.45) is 0.869. The first-order chi connectivity index (χ1) is 11.0. The average molecular weight is 320 g/mol. The van der Waals surface area contributed by atoms with Crippen molar-refractivity contribution in [1.82, 2.24) is 9.47 Å². The Hall–Kier alpha value is -1.43. The monoisotopic (exact) mass is 320 g/mol. The molecule has 23 heavy (non-hydrogen) atoms. The van der Waals surface area contributed by atoms with E-state index in [9.17, 15) is 14.6 Å². The fraction of sp³-hybridized carbons (Fsp3) is 0.556. The molecule has 4 nitrogen and oxygen atoms in total. The first-order valence-electron chi connectivity index (χ1n) is 8.29. The highest BCUT2D eigenvalue weighted by molar-refractivity contribution is 5.85. The molecule has 1 aliphatic rings. The number of nitrogens with zero attached hydrogens (tertiary/aromatic N) is 2. The molecule has 126 valence electrons. The summed E-state index contributed by atoms with van der Waals surface area (Å²) in [5.74, 6) is -0.231. The quantitative estimate of drug-likeness (QED) is 0.908. The minimum atomic E-state index is -0.482. The third-order valence-electron chi connectivity index (χ3n) is 5.02. The van der Waals surface area contributed by atoms with Crippen LogP contribution in [0, 0.1) is 19.7 Å². The van der Waals surface area contributed by atoms with E-state index in [0.29, 0.717) is 13.1 Å². The van der Waals surface area contributed by atoms with Gasteiger partial charge < -0.3 is 19.7 Å². The number of likely N-dealkylation sites (tertiary alicyclic amines) is 1. The lowest BCUT2D eigenvalue weighted by atomic mass is 10.1. The fourth-order valence-electron chi connectivity index (χ4n) is 3.53. The molecule has 0 aliphatic carbocycles. The molecule has 1 fully saturated rings. The van der Waals surface area contributed by atoms with Crippen LogP contribution >= 0.6 is 0 Å². The zero-order valence-electron chi connectivity index (χ0n) is 13.8. The number of rotatable bonds is 4. The van der Waals surface area contributed by atoms with Crippen LogP contribution in [-0.2, 0) is 6.54 Å². The molecule has 0 amide bonds. The summed E-state index contributed by atoms with van der Waals surface area (Å²) in [7, 11) is 0. The van der Waals surface area contributed by atoms with Crippen molar-refractivity contribution in [3.63, 3.8) is 0 Å². The normalized spacial score (nSPS) is 18.7. The van der Waals surface area contributed by atoms with E-state index in [0.717, 1.165) is 48.1 Å². The van der Waals surface area contributed by atoms with Crippen LogP contribution in [0.2, 0.25) is 0 Å². The van der Waals surface area contributed by atoms with Crippen molar-refractivity contribution in [2.45, 2.75) is 45.4 Å². The number of benzene rings is 1. The summed E-state index contributed by atoms with van der Waals surface area (Å²) in [5.41, 5.74) is 3.10. The number of aliphatic hydroxyl groups excluding tert-OH is 2. The second-order valence-corrected chi connectivity index (χ2v) is 6.67. The lowest BCUT2D eigenvalue weighted by Crippen LogP contribution is -2.41. The molecule has 1 aliphatic heterocycles. The Morgan fingerprint density at radius 1 is 1.22 bits per heavy atom. The molecule has 0 spiro atoms. The SMILES string of the molecule is Cc1c(C)n(CC(O)CN2CCC(O)CC2)c2ccc(F)cc12. The highest BCUT2D eigenvalue weighted by Gasteiger charge is 2.21. The van der Waals surface area contributed by atoms with Crippen molar-refractivity contribution in [3.05, 3.63) is 35.3 Å². The summed E-state index contributed by atoms with van der Waals surface area (Å²) in [4.78, 5) is 2.20. The van der Waals surface area contributed by atoms with Crippen molar-refractivity contribution in [2.24, 2.45) is 0 Å². The Balaban J connectivity index is 1.74. The van der Waals surface area contributed by atoms with Gasteiger partial charge in [-0.25, -0.2) is 4.39 Å². The maximum atomic E-state index is 13.5. The molecular weight excluding hydrogens is 295 g/mol. The Morgan fingerprint density at radius 3 is 2.61 bits per heavy atom. The molecule has 1 aromatic heterocycles. The van der Waals surface area contributed by atoms with Gasteiger partial charge in [-0.2, -0.15) is 0 Å². The highest BCUT2D eigenvalue weighted by atomic mass is 19.1. The van der Waals surface area contributed by atoms with E-state index in [1.54, 1.807) is 12.1 Å². The smallest absolute Gasteiger partial charge is 0.123 e. The van der Waals surface area contributed by atoms with Crippen LogP contribution in [0.3, 0.4) is 0 Å². The summed E-state index contributed by atoms with van der Waals surface area (Å²) < 4.78 is 15.6. The first kappa shape index (κ1) is 16.4. The Labute approximate surface area is 136 Å². The number of halogens is 1. The van der Waals surface area contributed by atoms with E-state index in [1.165, 1.54) is 6.07 Å². The predicted octanol–water partition coefficient (Wildman–Crippen LogP) is 2.21. The lowest BCUT2D eigenvalue weighted by molar-refractivity contribution is 0.0461. The maximum absolute atomic E-state index is 13.5. The largest absolute Gasteiger partial charge is 0.393 e. The number of piperidine rings is 1. The topological polar surface area (TPSA) is 48.6 Å². The van der Waals surface area contributed by atoms with Crippen LogP contribution in [0.15, 0.2) is 18.2 Å². The number of aryl methyl sites for hydroxylation is 1. The van der Waals surface area contributed by atoms with Gasteiger partial charge in [0.1, 0.15) is 5.82 Å². The molecule has 2 heterocycles. The minimum absolute atomic E-state index is 0.198. The second kappa shape index (κ2) is 6.59. The highest BCUT2D eigenvalue weighted by Crippen LogP contribution is 2.26. The minimum Gasteiger partial charge on any atom is -0.393 e. The standard InChI is InChI=1S/C18H25FN2O2/c1-12-13(2)21(18-4-3-14(19)9-17(12)18)11-16(23)10-20-7-5-15(22)6-8-20/h3-4,9,15-16,22-23H,5-8,10-11H2,1-2H3. The third-order valence-corrected chi connectivity index (χ3v) is 5.02. The zero-order chi connectivity index (χ0) is 16.6. The number of aromatic nitrogens is 1. The Morgan fingerprint density at radius 2 is 1.91 bits per heavy atom. The van der Waals surface area contributed by atoms with Crippen LogP contribution in [-0.4, -0.2) is 51.5 Å². The lowest BCUT2D eigenvalue weighted by Gasteiger charge is -2.31. The van der Waals surface area contributed by atoms with Gasteiger partial charge in [0, 0.05) is 36.2 Å². The van der Waals surface area contributed by atoms with Crippen molar-refractivity contribution in [3.8, 4) is 0 Å². The molecular formula is C18H25FN2O2. The van der Waals surface area contributed by atoms with Crippen LogP contribution < -0.4 is 0 Å². The van der Waals surface area contributed by atoms with Crippen molar-refractivity contribution in [2.75, 3.05) is 19.6 Å². The summed E-state index contributed by atoms with van der Waals surface area (Å²) >= 11 is 0.